The number of rotatable bonds is 7. The van der Waals surface area contributed by atoms with Gasteiger partial charge in [-0.05, 0) is 43.5 Å². The molecular formula is C20H31IN4O3. The summed E-state index contributed by atoms with van der Waals surface area (Å²) in [5.41, 5.74) is 2.36. The molecule has 1 aromatic carbocycles. The Labute approximate surface area is 184 Å². The Morgan fingerprint density at radius 2 is 1.79 bits per heavy atom. The Morgan fingerprint density at radius 3 is 2.36 bits per heavy atom. The van der Waals surface area contributed by atoms with E-state index >= 15 is 0 Å². The van der Waals surface area contributed by atoms with E-state index in [1.165, 1.54) is 16.0 Å². The summed E-state index contributed by atoms with van der Waals surface area (Å²) in [4.78, 5) is 31.2. The number of carbonyl (C=O) groups is 2. The van der Waals surface area contributed by atoms with E-state index in [1.807, 2.05) is 24.1 Å². The third-order valence-corrected chi connectivity index (χ3v) is 4.47. The summed E-state index contributed by atoms with van der Waals surface area (Å²) in [6.45, 7) is 6.14. The van der Waals surface area contributed by atoms with E-state index in [0.29, 0.717) is 51.5 Å². The van der Waals surface area contributed by atoms with Crippen molar-refractivity contribution in [1.29, 1.82) is 0 Å². The number of ether oxygens (including phenoxy) is 1. The average molecular weight is 502 g/mol. The largest absolute Gasteiger partial charge is 0.492 e. The van der Waals surface area contributed by atoms with Crippen LogP contribution in [0.15, 0.2) is 23.2 Å². The van der Waals surface area contributed by atoms with E-state index < -0.39 is 0 Å². The first-order chi connectivity index (χ1) is 12.9. The number of guanidine groups is 1. The highest BCUT2D eigenvalue weighted by molar-refractivity contribution is 14.0. The number of aryl methyl sites for hydroxylation is 2. The van der Waals surface area contributed by atoms with Gasteiger partial charge in [-0.1, -0.05) is 6.07 Å². The van der Waals surface area contributed by atoms with Crippen molar-refractivity contribution < 1.29 is 14.3 Å². The number of carbonyl (C=O) groups excluding carboxylic acids is 2. The molecule has 7 nitrogen and oxygen atoms in total. The number of nitrogens with zero attached hydrogens (tertiary/aromatic N) is 3. The van der Waals surface area contributed by atoms with Crippen LogP contribution in [0.5, 0.6) is 5.75 Å². The minimum Gasteiger partial charge on any atom is -0.492 e. The van der Waals surface area contributed by atoms with Gasteiger partial charge in [0, 0.05) is 40.0 Å². The minimum absolute atomic E-state index is 0. The predicted octanol–water partition coefficient (Wildman–Crippen LogP) is 2.35. The van der Waals surface area contributed by atoms with E-state index in [4.69, 9.17) is 4.74 Å². The molecular weight excluding hydrogens is 471 g/mol. The Bertz CT molecular complexity index is 672. The van der Waals surface area contributed by atoms with E-state index in [9.17, 15) is 9.59 Å². The molecule has 2 rings (SSSR count). The third-order valence-electron chi connectivity index (χ3n) is 4.47. The summed E-state index contributed by atoms with van der Waals surface area (Å²) in [6, 6.07) is 6.15. The SMILES string of the molecule is CN=C(NCCN1C(=O)CCCC1=O)N(C)CCOc1cc(C)cc(C)c1.I. The molecule has 0 saturated carbocycles. The van der Waals surface area contributed by atoms with Crippen molar-refractivity contribution in [2.45, 2.75) is 33.1 Å². The molecule has 1 fully saturated rings. The number of imide groups is 1. The normalized spacial score (nSPS) is 14.6. The van der Waals surface area contributed by atoms with Crippen LogP contribution in [0.25, 0.3) is 0 Å². The summed E-state index contributed by atoms with van der Waals surface area (Å²) < 4.78 is 5.84. The number of amides is 2. The average Bonchev–Trinajstić information content (AvgIpc) is 2.60. The first kappa shape index (κ1) is 24.2. The van der Waals surface area contributed by atoms with Gasteiger partial charge >= 0.3 is 0 Å². The van der Waals surface area contributed by atoms with Crippen molar-refractivity contribution in [2.24, 2.45) is 4.99 Å². The van der Waals surface area contributed by atoms with E-state index in [1.54, 1.807) is 7.05 Å². The fourth-order valence-corrected chi connectivity index (χ4v) is 3.14. The van der Waals surface area contributed by atoms with Crippen molar-refractivity contribution in [2.75, 3.05) is 40.3 Å². The molecule has 0 radical (unpaired) electrons. The van der Waals surface area contributed by atoms with Crippen LogP contribution in [0.1, 0.15) is 30.4 Å². The molecule has 1 heterocycles. The van der Waals surface area contributed by atoms with Gasteiger partial charge < -0.3 is 15.0 Å². The summed E-state index contributed by atoms with van der Waals surface area (Å²) in [6.07, 6.45) is 1.57. The topological polar surface area (TPSA) is 74.2 Å². The van der Waals surface area contributed by atoms with Gasteiger partial charge in [-0.25, -0.2) is 0 Å². The summed E-state index contributed by atoms with van der Waals surface area (Å²) >= 11 is 0. The molecule has 0 aromatic heterocycles. The molecule has 0 unspecified atom stereocenters. The van der Waals surface area contributed by atoms with Crippen molar-refractivity contribution >= 4 is 41.8 Å². The highest BCUT2D eigenvalue weighted by atomic mass is 127. The van der Waals surface area contributed by atoms with Crippen LogP contribution < -0.4 is 10.1 Å². The number of halogens is 1. The Balaban J connectivity index is 0.00000392. The van der Waals surface area contributed by atoms with Gasteiger partial charge in [0.15, 0.2) is 5.96 Å². The zero-order valence-electron chi connectivity index (χ0n) is 17.2. The maximum Gasteiger partial charge on any atom is 0.229 e. The molecule has 8 heteroatoms. The van der Waals surface area contributed by atoms with E-state index in [2.05, 4.69) is 30.2 Å². The maximum absolute atomic E-state index is 11.8. The minimum atomic E-state index is -0.0850. The lowest BCUT2D eigenvalue weighted by molar-refractivity contribution is -0.147. The molecule has 1 aromatic rings. The second kappa shape index (κ2) is 11.9. The van der Waals surface area contributed by atoms with E-state index in [0.717, 1.165) is 5.75 Å². The van der Waals surface area contributed by atoms with Gasteiger partial charge in [-0.2, -0.15) is 0 Å². The molecule has 0 aliphatic carbocycles. The molecule has 28 heavy (non-hydrogen) atoms. The summed E-state index contributed by atoms with van der Waals surface area (Å²) in [5, 5.41) is 3.20. The molecule has 1 aliphatic rings. The Kier molecular flexibility index (Phi) is 10.3. The van der Waals surface area contributed by atoms with Crippen LogP contribution >= 0.6 is 24.0 Å². The zero-order chi connectivity index (χ0) is 19.8. The van der Waals surface area contributed by atoms with Crippen molar-refractivity contribution in [3.8, 4) is 5.75 Å². The van der Waals surface area contributed by atoms with Gasteiger partial charge in [-0.15, -0.1) is 24.0 Å². The molecule has 0 atom stereocenters. The monoisotopic (exact) mass is 502 g/mol. The van der Waals surface area contributed by atoms with Gasteiger partial charge in [-0.3, -0.25) is 19.5 Å². The van der Waals surface area contributed by atoms with Crippen LogP contribution in [0.3, 0.4) is 0 Å². The van der Waals surface area contributed by atoms with Crippen molar-refractivity contribution in [1.82, 2.24) is 15.1 Å². The number of piperidine rings is 1. The number of hydrogen-bond acceptors (Lipinski definition) is 4. The number of likely N-dealkylation sites (N-methyl/N-ethyl adjacent to an activating group) is 1. The Hall–Kier alpha value is -1.84. The molecule has 0 bridgehead atoms. The molecule has 1 aliphatic heterocycles. The number of nitrogens with one attached hydrogen (secondary N) is 1. The molecule has 156 valence electrons. The molecule has 1 saturated heterocycles. The van der Waals surface area contributed by atoms with E-state index in [-0.39, 0.29) is 35.8 Å². The molecule has 1 N–H and O–H groups in total. The zero-order valence-corrected chi connectivity index (χ0v) is 19.5. The third kappa shape index (κ3) is 7.29. The molecule has 2 amide bonds. The van der Waals surface area contributed by atoms with Crippen LogP contribution in [-0.4, -0.2) is 67.9 Å². The number of benzene rings is 1. The lowest BCUT2D eigenvalue weighted by atomic mass is 10.1. The van der Waals surface area contributed by atoms with Crippen LogP contribution in [0, 0.1) is 13.8 Å². The van der Waals surface area contributed by atoms with Gasteiger partial charge in [0.05, 0.1) is 6.54 Å². The van der Waals surface area contributed by atoms with Crippen molar-refractivity contribution in [3.63, 3.8) is 0 Å². The fourth-order valence-electron chi connectivity index (χ4n) is 3.14. The number of aliphatic imine (C=N–C) groups is 1. The lowest BCUT2D eigenvalue weighted by Gasteiger charge is -2.26. The highest BCUT2D eigenvalue weighted by Crippen LogP contribution is 2.16. The second-order valence-corrected chi connectivity index (χ2v) is 6.86. The summed E-state index contributed by atoms with van der Waals surface area (Å²) in [7, 11) is 3.64. The van der Waals surface area contributed by atoms with Crippen LogP contribution in [-0.2, 0) is 9.59 Å². The van der Waals surface area contributed by atoms with Gasteiger partial charge in [0.1, 0.15) is 12.4 Å². The van der Waals surface area contributed by atoms with Gasteiger partial charge in [0.2, 0.25) is 11.8 Å². The maximum atomic E-state index is 11.8. The first-order valence-corrected chi connectivity index (χ1v) is 9.37. The smallest absolute Gasteiger partial charge is 0.229 e. The quantitative estimate of drug-likeness (QED) is 0.268. The predicted molar refractivity (Wildman–Crippen MR) is 121 cm³/mol. The Morgan fingerprint density at radius 1 is 1.18 bits per heavy atom. The van der Waals surface area contributed by atoms with Crippen molar-refractivity contribution in [3.05, 3.63) is 29.3 Å². The second-order valence-electron chi connectivity index (χ2n) is 6.86. The van der Waals surface area contributed by atoms with Gasteiger partial charge in [0.25, 0.3) is 0 Å². The number of likely N-dealkylation sites (tertiary alicyclic amines) is 1. The lowest BCUT2D eigenvalue weighted by Crippen LogP contribution is -2.47. The highest BCUT2D eigenvalue weighted by Gasteiger charge is 2.25. The summed E-state index contributed by atoms with van der Waals surface area (Å²) in [5.74, 6) is 1.40. The molecule has 0 spiro atoms. The fraction of sp³-hybridized carbons (Fsp3) is 0.550. The number of hydrogen-bond donors (Lipinski definition) is 1. The first-order valence-electron chi connectivity index (χ1n) is 9.37. The standard InChI is InChI=1S/C20H30N4O3.HI/c1-15-12-16(2)14-17(13-15)27-11-10-23(4)20(21-3)22-8-9-24-18(25)6-5-7-19(24)26;/h12-14H,5-11H2,1-4H3,(H,21,22);1H. The van der Waals surface area contributed by atoms with Crippen LogP contribution in [0.4, 0.5) is 0 Å². The van der Waals surface area contributed by atoms with Crippen LogP contribution in [0.2, 0.25) is 0 Å².